The Kier molecular flexibility index (Phi) is 4.33. The van der Waals surface area contributed by atoms with Crippen LogP contribution in [0.5, 0.6) is 0 Å². The summed E-state index contributed by atoms with van der Waals surface area (Å²) in [5, 5.41) is 9.73. The smallest absolute Gasteiger partial charge is 0.323 e. The van der Waals surface area contributed by atoms with Crippen molar-refractivity contribution in [3.05, 3.63) is 76.6 Å². The minimum Gasteiger partial charge on any atom is -0.480 e. The number of hydrogen-bond acceptors (Lipinski definition) is 4. The van der Waals surface area contributed by atoms with Gasteiger partial charge in [-0.05, 0) is 24.6 Å². The summed E-state index contributed by atoms with van der Waals surface area (Å²) in [5.41, 5.74) is 2.41. The first kappa shape index (κ1) is 17.2. The highest BCUT2D eigenvalue weighted by molar-refractivity contribution is 7.21. The Hall–Kier alpha value is -3.25. The molecule has 27 heavy (non-hydrogen) atoms. The lowest BCUT2D eigenvalue weighted by Gasteiger charge is -2.11. The topological polar surface area (TPSA) is 72.2 Å². The lowest BCUT2D eigenvalue weighted by Crippen LogP contribution is -2.26. The third-order valence-electron chi connectivity index (χ3n) is 4.28. The average Bonchev–Trinajstić information content (AvgIpc) is 3.09. The summed E-state index contributed by atoms with van der Waals surface area (Å²) < 4.78 is 1.24. The normalized spacial score (nSPS) is 11.0. The van der Waals surface area contributed by atoms with E-state index in [4.69, 9.17) is 0 Å². The van der Waals surface area contributed by atoms with Crippen LogP contribution in [0.3, 0.4) is 0 Å². The Balaban J connectivity index is 1.99. The first-order valence-corrected chi connectivity index (χ1v) is 9.23. The zero-order chi connectivity index (χ0) is 19.0. The molecular weight excluding hydrogens is 360 g/mol. The van der Waals surface area contributed by atoms with Crippen molar-refractivity contribution in [2.24, 2.45) is 0 Å². The van der Waals surface area contributed by atoms with Crippen molar-refractivity contribution in [2.45, 2.75) is 13.5 Å². The number of fused-ring (bicyclic) bond motifs is 1. The Labute approximate surface area is 159 Å². The largest absolute Gasteiger partial charge is 0.480 e. The summed E-state index contributed by atoms with van der Waals surface area (Å²) in [6, 6.07) is 19.1. The van der Waals surface area contributed by atoms with E-state index in [2.05, 4.69) is 4.98 Å². The van der Waals surface area contributed by atoms with Crippen LogP contribution < -0.4 is 5.56 Å². The van der Waals surface area contributed by atoms with E-state index in [1.807, 2.05) is 61.5 Å². The first-order valence-electron chi connectivity index (χ1n) is 8.41. The van der Waals surface area contributed by atoms with Crippen LogP contribution in [0.25, 0.3) is 32.0 Å². The quantitative estimate of drug-likeness (QED) is 0.580. The van der Waals surface area contributed by atoms with Crippen molar-refractivity contribution in [3.63, 3.8) is 0 Å². The molecule has 0 bridgehead atoms. The van der Waals surface area contributed by atoms with E-state index in [1.54, 1.807) is 6.07 Å². The zero-order valence-electron chi connectivity index (χ0n) is 14.5. The number of carboxylic acid groups (broad SMARTS) is 1. The van der Waals surface area contributed by atoms with Crippen molar-refractivity contribution >= 4 is 27.5 Å². The monoisotopic (exact) mass is 376 g/mol. The van der Waals surface area contributed by atoms with Gasteiger partial charge in [0.15, 0.2) is 0 Å². The fourth-order valence-electron chi connectivity index (χ4n) is 3.05. The third kappa shape index (κ3) is 3.27. The maximum Gasteiger partial charge on any atom is 0.323 e. The molecule has 134 valence electrons. The SMILES string of the molecule is Cc1cccc(-c2nc3sc(-c4ccccc4)cc3c(=O)n2CC(=O)O)c1. The second-order valence-electron chi connectivity index (χ2n) is 6.29. The molecule has 0 spiro atoms. The van der Waals surface area contributed by atoms with E-state index >= 15 is 0 Å². The minimum absolute atomic E-state index is 0.336. The highest BCUT2D eigenvalue weighted by Gasteiger charge is 2.17. The number of rotatable bonds is 4. The van der Waals surface area contributed by atoms with E-state index in [9.17, 15) is 14.7 Å². The Morgan fingerprint density at radius 2 is 1.81 bits per heavy atom. The van der Waals surface area contributed by atoms with Gasteiger partial charge in [-0.1, -0.05) is 54.1 Å². The summed E-state index contributed by atoms with van der Waals surface area (Å²) in [7, 11) is 0. The molecule has 0 amide bonds. The van der Waals surface area contributed by atoms with E-state index in [0.29, 0.717) is 16.0 Å². The number of aryl methyl sites for hydroxylation is 1. The molecule has 2 heterocycles. The minimum atomic E-state index is -1.08. The summed E-state index contributed by atoms with van der Waals surface area (Å²) >= 11 is 1.43. The van der Waals surface area contributed by atoms with Gasteiger partial charge < -0.3 is 5.11 Å². The summed E-state index contributed by atoms with van der Waals surface area (Å²) in [6.07, 6.45) is 0. The molecule has 0 atom stereocenters. The van der Waals surface area contributed by atoms with Gasteiger partial charge in [0.1, 0.15) is 17.2 Å². The van der Waals surface area contributed by atoms with Crippen LogP contribution in [-0.4, -0.2) is 20.6 Å². The van der Waals surface area contributed by atoms with E-state index in [1.165, 1.54) is 15.9 Å². The maximum atomic E-state index is 13.1. The Morgan fingerprint density at radius 1 is 1.07 bits per heavy atom. The fraction of sp³-hybridized carbons (Fsp3) is 0.0952. The Morgan fingerprint density at radius 3 is 2.52 bits per heavy atom. The van der Waals surface area contributed by atoms with Crippen molar-refractivity contribution in [1.82, 2.24) is 9.55 Å². The van der Waals surface area contributed by atoms with Crippen LogP contribution in [0, 0.1) is 6.92 Å². The summed E-state index contributed by atoms with van der Waals surface area (Å²) in [4.78, 5) is 30.6. The first-order chi connectivity index (χ1) is 13.0. The molecule has 0 fully saturated rings. The average molecular weight is 376 g/mol. The molecule has 4 aromatic rings. The molecule has 0 saturated carbocycles. The second kappa shape index (κ2) is 6.81. The molecule has 1 N–H and O–H groups in total. The van der Waals surface area contributed by atoms with Gasteiger partial charge in [0.2, 0.25) is 0 Å². The Bertz CT molecular complexity index is 1210. The molecule has 5 nitrogen and oxygen atoms in total. The van der Waals surface area contributed by atoms with E-state index in [-0.39, 0.29) is 5.56 Å². The zero-order valence-corrected chi connectivity index (χ0v) is 15.4. The van der Waals surface area contributed by atoms with Gasteiger partial charge in [-0.15, -0.1) is 11.3 Å². The van der Waals surface area contributed by atoms with Gasteiger partial charge in [0, 0.05) is 10.4 Å². The van der Waals surface area contributed by atoms with Crippen LogP contribution in [0.1, 0.15) is 5.56 Å². The van der Waals surface area contributed by atoms with Crippen LogP contribution in [0.2, 0.25) is 0 Å². The van der Waals surface area contributed by atoms with Crippen LogP contribution in [0.15, 0.2) is 65.5 Å². The lowest BCUT2D eigenvalue weighted by molar-refractivity contribution is -0.137. The number of nitrogens with zero attached hydrogens (tertiary/aromatic N) is 2. The molecule has 0 aliphatic carbocycles. The molecule has 2 aromatic carbocycles. The van der Waals surface area contributed by atoms with Crippen molar-refractivity contribution in [1.29, 1.82) is 0 Å². The van der Waals surface area contributed by atoms with Crippen LogP contribution >= 0.6 is 11.3 Å². The maximum absolute atomic E-state index is 13.1. The number of benzene rings is 2. The summed E-state index contributed by atoms with van der Waals surface area (Å²) in [5.74, 6) is -0.703. The molecule has 0 aliphatic rings. The molecular formula is C21H16N2O3S. The van der Waals surface area contributed by atoms with Gasteiger partial charge in [-0.2, -0.15) is 0 Å². The number of aromatic nitrogens is 2. The van der Waals surface area contributed by atoms with Gasteiger partial charge in [0.25, 0.3) is 5.56 Å². The van der Waals surface area contributed by atoms with Crippen LogP contribution in [-0.2, 0) is 11.3 Å². The number of hydrogen-bond donors (Lipinski definition) is 1. The molecule has 0 radical (unpaired) electrons. The molecule has 6 heteroatoms. The fourth-order valence-corrected chi connectivity index (χ4v) is 4.07. The van der Waals surface area contributed by atoms with Crippen molar-refractivity contribution in [2.75, 3.05) is 0 Å². The van der Waals surface area contributed by atoms with Crippen molar-refractivity contribution in [3.8, 4) is 21.8 Å². The molecule has 2 aromatic heterocycles. The highest BCUT2D eigenvalue weighted by atomic mass is 32.1. The van der Waals surface area contributed by atoms with E-state index in [0.717, 1.165) is 21.6 Å². The number of carbonyl (C=O) groups is 1. The van der Waals surface area contributed by atoms with Gasteiger partial charge in [-0.3, -0.25) is 14.2 Å². The molecule has 0 saturated heterocycles. The van der Waals surface area contributed by atoms with Crippen LogP contribution in [0.4, 0.5) is 0 Å². The molecule has 0 aliphatic heterocycles. The van der Waals surface area contributed by atoms with E-state index < -0.39 is 12.5 Å². The van der Waals surface area contributed by atoms with Gasteiger partial charge in [-0.25, -0.2) is 4.98 Å². The highest BCUT2D eigenvalue weighted by Crippen LogP contribution is 2.32. The predicted octanol–water partition coefficient (Wildman–Crippen LogP) is 4.19. The predicted molar refractivity (Wildman–Crippen MR) is 107 cm³/mol. The second-order valence-corrected chi connectivity index (χ2v) is 7.32. The van der Waals surface area contributed by atoms with Gasteiger partial charge in [0.05, 0.1) is 5.39 Å². The summed E-state index contributed by atoms with van der Waals surface area (Å²) in [6.45, 7) is 1.52. The molecule has 0 unspecified atom stereocenters. The van der Waals surface area contributed by atoms with Gasteiger partial charge >= 0.3 is 5.97 Å². The standard InChI is InChI=1S/C21H16N2O3S/c1-13-6-5-9-15(10-13)19-22-20-16(21(26)23(19)12-18(24)25)11-17(27-20)14-7-3-2-4-8-14/h2-11H,12H2,1H3,(H,24,25). The number of carboxylic acids is 1. The lowest BCUT2D eigenvalue weighted by atomic mass is 10.1. The molecule has 4 rings (SSSR count). The van der Waals surface area contributed by atoms with Crippen molar-refractivity contribution < 1.29 is 9.90 Å². The third-order valence-corrected chi connectivity index (χ3v) is 5.36. The number of thiophene rings is 1. The number of aliphatic carboxylic acids is 1.